The Kier molecular flexibility index (Phi) is 6.22. The highest BCUT2D eigenvalue weighted by Gasteiger charge is 2.25. The Morgan fingerprint density at radius 2 is 2.24 bits per heavy atom. The lowest BCUT2D eigenvalue weighted by molar-refractivity contribution is -0.114. The molecule has 0 N–H and O–H groups in total. The third-order valence-electron chi connectivity index (χ3n) is 4.68. The van der Waals surface area contributed by atoms with Crippen LogP contribution in [-0.2, 0) is 16.6 Å². The number of anilines is 1. The van der Waals surface area contributed by atoms with E-state index in [1.807, 2.05) is 42.9 Å². The fourth-order valence-electron chi connectivity index (χ4n) is 3.18. The fourth-order valence-corrected chi connectivity index (χ4v) is 4.29. The van der Waals surface area contributed by atoms with Crippen LogP contribution in [0.5, 0.6) is 0 Å². The smallest absolute Gasteiger partial charge is 0.252 e. The van der Waals surface area contributed by atoms with E-state index in [9.17, 15) is 4.79 Å². The normalized spacial score (nSPS) is 16.6. The van der Waals surface area contributed by atoms with E-state index in [0.29, 0.717) is 11.7 Å². The number of nitrogens with zero attached hydrogens (tertiary/aromatic N) is 4. The molecule has 1 amide bonds. The van der Waals surface area contributed by atoms with Gasteiger partial charge in [0.15, 0.2) is 5.13 Å². The maximum atomic E-state index is 13.0. The van der Waals surface area contributed by atoms with Crippen LogP contribution < -0.4 is 4.90 Å². The van der Waals surface area contributed by atoms with Crippen LogP contribution in [0.4, 0.5) is 5.13 Å². The third-order valence-corrected chi connectivity index (χ3v) is 6.07. The van der Waals surface area contributed by atoms with Gasteiger partial charge in [-0.05, 0) is 31.1 Å². The molecule has 29 heavy (non-hydrogen) atoms. The average molecular weight is 473 g/mol. The van der Waals surface area contributed by atoms with E-state index in [1.165, 1.54) is 11.3 Å². The van der Waals surface area contributed by atoms with Crippen LogP contribution in [0, 0.1) is 0 Å². The zero-order valence-electron chi connectivity index (χ0n) is 16.0. The molecule has 8 heteroatoms. The summed E-state index contributed by atoms with van der Waals surface area (Å²) in [5, 5.41) is 6.80. The number of carbonyl (C=O) groups is 1. The van der Waals surface area contributed by atoms with Crippen molar-refractivity contribution in [2.45, 2.75) is 18.9 Å². The molecule has 6 nitrogen and oxygen atoms in total. The highest BCUT2D eigenvalue weighted by atomic mass is 79.9. The standard InChI is InChI=1S/C21H21BrN4O2S/c1-25-12-15(11-23-25)4-9-20(27)26(13-18-3-2-10-28-18)21-24-19(14-29-21)16-5-7-17(22)8-6-16/h4-9,11-12,14,18H,2-3,10,13H2,1H3/b9-4+. The first-order valence-corrected chi connectivity index (χ1v) is 11.1. The topological polar surface area (TPSA) is 60.2 Å². The number of ether oxygens (including phenoxy) is 1. The van der Waals surface area contributed by atoms with Gasteiger partial charge in [0.25, 0.3) is 5.91 Å². The summed E-state index contributed by atoms with van der Waals surface area (Å²) in [4.78, 5) is 19.5. The van der Waals surface area contributed by atoms with Gasteiger partial charge in [0, 0.05) is 46.9 Å². The Balaban J connectivity index is 1.57. The summed E-state index contributed by atoms with van der Waals surface area (Å²) in [5.74, 6) is -0.110. The molecular formula is C21H21BrN4O2S. The van der Waals surface area contributed by atoms with E-state index in [4.69, 9.17) is 9.72 Å². The summed E-state index contributed by atoms with van der Waals surface area (Å²) in [7, 11) is 1.85. The minimum atomic E-state index is -0.110. The molecule has 1 fully saturated rings. The summed E-state index contributed by atoms with van der Waals surface area (Å²) < 4.78 is 8.49. The second-order valence-corrected chi connectivity index (χ2v) is 8.64. The van der Waals surface area contributed by atoms with Crippen LogP contribution in [0.25, 0.3) is 17.3 Å². The number of carbonyl (C=O) groups excluding carboxylic acids is 1. The van der Waals surface area contributed by atoms with Crippen molar-refractivity contribution in [3.8, 4) is 11.3 Å². The minimum Gasteiger partial charge on any atom is -0.376 e. The second kappa shape index (κ2) is 9.02. The second-order valence-electron chi connectivity index (χ2n) is 6.89. The van der Waals surface area contributed by atoms with Crippen molar-refractivity contribution in [1.29, 1.82) is 0 Å². The zero-order chi connectivity index (χ0) is 20.2. The summed E-state index contributed by atoms with van der Waals surface area (Å²) in [6, 6.07) is 8.00. The van der Waals surface area contributed by atoms with E-state index in [2.05, 4.69) is 21.0 Å². The predicted molar refractivity (Wildman–Crippen MR) is 119 cm³/mol. The molecule has 3 heterocycles. The molecule has 1 aliphatic heterocycles. The van der Waals surface area contributed by atoms with E-state index < -0.39 is 0 Å². The number of hydrogen-bond donors (Lipinski definition) is 0. The molecule has 0 radical (unpaired) electrons. The van der Waals surface area contributed by atoms with Crippen LogP contribution in [0.1, 0.15) is 18.4 Å². The first-order chi connectivity index (χ1) is 14.1. The minimum absolute atomic E-state index is 0.0470. The SMILES string of the molecule is Cn1cc(/C=C/C(=O)N(CC2CCCO2)c2nc(-c3ccc(Br)cc3)cs2)cn1. The van der Waals surface area contributed by atoms with E-state index >= 15 is 0 Å². The van der Waals surface area contributed by atoms with Crippen LogP contribution in [0.3, 0.4) is 0 Å². The fraction of sp³-hybridized carbons (Fsp3) is 0.286. The number of benzene rings is 1. The Morgan fingerprint density at radius 1 is 1.41 bits per heavy atom. The van der Waals surface area contributed by atoms with E-state index in [1.54, 1.807) is 27.9 Å². The van der Waals surface area contributed by atoms with Gasteiger partial charge in [0.05, 0.1) is 24.5 Å². The summed E-state index contributed by atoms with van der Waals surface area (Å²) in [6.07, 6.45) is 8.98. The largest absolute Gasteiger partial charge is 0.376 e. The highest BCUT2D eigenvalue weighted by molar-refractivity contribution is 9.10. The molecule has 0 saturated carbocycles. The van der Waals surface area contributed by atoms with Crippen molar-refractivity contribution in [3.05, 3.63) is 58.2 Å². The lowest BCUT2D eigenvalue weighted by Gasteiger charge is -2.21. The molecule has 1 aliphatic rings. The number of thiazole rings is 1. The lowest BCUT2D eigenvalue weighted by atomic mass is 10.2. The van der Waals surface area contributed by atoms with E-state index in [-0.39, 0.29) is 12.0 Å². The maximum absolute atomic E-state index is 13.0. The lowest BCUT2D eigenvalue weighted by Crippen LogP contribution is -2.36. The Morgan fingerprint density at radius 3 is 2.93 bits per heavy atom. The van der Waals surface area contributed by atoms with Gasteiger partial charge < -0.3 is 4.74 Å². The molecule has 1 saturated heterocycles. The highest BCUT2D eigenvalue weighted by Crippen LogP contribution is 2.29. The summed E-state index contributed by atoms with van der Waals surface area (Å²) >= 11 is 4.92. The first kappa shape index (κ1) is 20.0. The molecule has 3 aromatic rings. The van der Waals surface area contributed by atoms with Gasteiger partial charge in [0.2, 0.25) is 0 Å². The molecule has 150 valence electrons. The van der Waals surface area contributed by atoms with Crippen molar-refractivity contribution in [2.75, 3.05) is 18.1 Å². The third kappa shape index (κ3) is 5.01. The number of hydrogen-bond acceptors (Lipinski definition) is 5. The van der Waals surface area contributed by atoms with Gasteiger partial charge in [-0.2, -0.15) is 5.10 Å². The van der Waals surface area contributed by atoms with Gasteiger partial charge in [-0.1, -0.05) is 28.1 Å². The van der Waals surface area contributed by atoms with Gasteiger partial charge >= 0.3 is 0 Å². The monoisotopic (exact) mass is 472 g/mol. The number of aryl methyl sites for hydroxylation is 1. The molecule has 0 aliphatic carbocycles. The van der Waals surface area contributed by atoms with Crippen LogP contribution in [0.15, 0.2) is 52.6 Å². The first-order valence-electron chi connectivity index (χ1n) is 9.40. The predicted octanol–water partition coefficient (Wildman–Crippen LogP) is 4.53. The Labute approximate surface area is 182 Å². The van der Waals surface area contributed by atoms with Crippen molar-refractivity contribution < 1.29 is 9.53 Å². The van der Waals surface area contributed by atoms with Crippen molar-refractivity contribution in [1.82, 2.24) is 14.8 Å². The molecule has 1 aromatic carbocycles. The number of rotatable bonds is 6. The Bertz CT molecular complexity index is 1010. The quantitative estimate of drug-likeness (QED) is 0.494. The molecule has 2 aromatic heterocycles. The van der Waals surface area contributed by atoms with Crippen molar-refractivity contribution in [3.63, 3.8) is 0 Å². The van der Waals surface area contributed by atoms with Gasteiger partial charge in [-0.15, -0.1) is 11.3 Å². The van der Waals surface area contributed by atoms with Gasteiger partial charge in [0.1, 0.15) is 0 Å². The molecule has 4 rings (SSSR count). The molecule has 1 unspecified atom stereocenters. The summed E-state index contributed by atoms with van der Waals surface area (Å²) in [6.45, 7) is 1.25. The van der Waals surface area contributed by atoms with Crippen LogP contribution >= 0.6 is 27.3 Å². The number of halogens is 1. The van der Waals surface area contributed by atoms with Gasteiger partial charge in [-0.25, -0.2) is 4.98 Å². The van der Waals surface area contributed by atoms with Crippen molar-refractivity contribution >= 4 is 44.4 Å². The van der Waals surface area contributed by atoms with Gasteiger partial charge in [-0.3, -0.25) is 14.4 Å². The summed E-state index contributed by atoms with van der Waals surface area (Å²) in [5.41, 5.74) is 2.76. The molecule has 0 bridgehead atoms. The van der Waals surface area contributed by atoms with E-state index in [0.717, 1.165) is 40.7 Å². The Hall–Kier alpha value is -2.29. The van der Waals surface area contributed by atoms with Crippen LogP contribution in [-0.4, -0.2) is 39.9 Å². The van der Waals surface area contributed by atoms with Crippen LogP contribution in [0.2, 0.25) is 0 Å². The molecule has 0 spiro atoms. The molecule has 1 atom stereocenters. The zero-order valence-corrected chi connectivity index (χ0v) is 18.4. The molecular weight excluding hydrogens is 452 g/mol. The maximum Gasteiger partial charge on any atom is 0.252 e. The number of amides is 1. The average Bonchev–Trinajstić information content (AvgIpc) is 3.47. The van der Waals surface area contributed by atoms with Crippen molar-refractivity contribution in [2.24, 2.45) is 7.05 Å². The number of aromatic nitrogens is 3.